The Morgan fingerprint density at radius 2 is 2.06 bits per heavy atom. The van der Waals surface area contributed by atoms with Crippen LogP contribution in [-0.4, -0.2) is 48.5 Å². The topological polar surface area (TPSA) is 61.6 Å². The summed E-state index contributed by atoms with van der Waals surface area (Å²) in [6.45, 7) is 8.80. The van der Waals surface area contributed by atoms with E-state index in [9.17, 15) is 4.79 Å². The maximum absolute atomic E-state index is 12.9. The van der Waals surface area contributed by atoms with Gasteiger partial charge in [-0.15, -0.1) is 0 Å². The van der Waals surface area contributed by atoms with Crippen molar-refractivity contribution >= 4 is 23.2 Å². The average Bonchev–Trinajstić information content (AvgIpc) is 3.22. The smallest absolute Gasteiger partial charge is 0.226 e. The summed E-state index contributed by atoms with van der Waals surface area (Å²) in [5, 5.41) is 3.82. The predicted molar refractivity (Wildman–Crippen MR) is 137 cm³/mol. The van der Waals surface area contributed by atoms with E-state index in [1.807, 2.05) is 49.4 Å². The minimum absolute atomic E-state index is 0.000148. The first-order valence-corrected chi connectivity index (χ1v) is 12.4. The number of hydrogen-bond donors (Lipinski definition) is 1. The zero-order chi connectivity index (χ0) is 23.9. The Bertz CT molecular complexity index is 1090. The Morgan fingerprint density at radius 1 is 1.24 bits per heavy atom. The number of aromatic nitrogens is 1. The fraction of sp³-hybridized carbons (Fsp3) is 0.407. The second kappa shape index (κ2) is 11.5. The Balaban J connectivity index is 1.30. The summed E-state index contributed by atoms with van der Waals surface area (Å²) in [6, 6.07) is 17.8. The van der Waals surface area contributed by atoms with Gasteiger partial charge in [0.25, 0.3) is 0 Å². The zero-order valence-corrected chi connectivity index (χ0v) is 20.7. The van der Waals surface area contributed by atoms with E-state index in [2.05, 4.69) is 34.2 Å². The van der Waals surface area contributed by atoms with E-state index in [1.54, 1.807) is 0 Å². The van der Waals surface area contributed by atoms with Crippen LogP contribution in [0.4, 0.5) is 5.69 Å². The number of rotatable bonds is 9. The van der Waals surface area contributed by atoms with E-state index in [-0.39, 0.29) is 11.8 Å². The van der Waals surface area contributed by atoms with Gasteiger partial charge < -0.3 is 14.6 Å². The molecule has 1 saturated heterocycles. The number of halogens is 1. The normalized spacial score (nSPS) is 16.4. The molecule has 1 unspecified atom stereocenters. The first-order valence-electron chi connectivity index (χ1n) is 12.1. The monoisotopic (exact) mass is 480 g/mol. The van der Waals surface area contributed by atoms with Crippen LogP contribution in [0.15, 0.2) is 59.0 Å². The second-order valence-corrected chi connectivity index (χ2v) is 9.25. The number of benzene rings is 2. The molecule has 0 bridgehead atoms. The van der Waals surface area contributed by atoms with Crippen LogP contribution in [0.2, 0.25) is 5.02 Å². The zero-order valence-electron chi connectivity index (χ0n) is 20.0. The summed E-state index contributed by atoms with van der Waals surface area (Å²) in [4.78, 5) is 22.2. The predicted octanol–water partition coefficient (Wildman–Crippen LogP) is 5.16. The van der Waals surface area contributed by atoms with Crippen LogP contribution < -0.4 is 10.2 Å². The fourth-order valence-corrected chi connectivity index (χ4v) is 4.70. The highest BCUT2D eigenvalue weighted by Gasteiger charge is 2.27. The van der Waals surface area contributed by atoms with Crippen molar-refractivity contribution in [1.82, 2.24) is 15.2 Å². The first kappa shape index (κ1) is 24.3. The molecule has 3 aromatic rings. The van der Waals surface area contributed by atoms with Gasteiger partial charge in [-0.2, -0.15) is 0 Å². The van der Waals surface area contributed by atoms with Crippen LogP contribution in [0.1, 0.15) is 31.2 Å². The minimum atomic E-state index is 0.000148. The molecule has 1 amide bonds. The lowest BCUT2D eigenvalue weighted by Crippen LogP contribution is -2.44. The lowest BCUT2D eigenvalue weighted by atomic mass is 9.97. The van der Waals surface area contributed by atoms with Crippen molar-refractivity contribution in [3.63, 3.8) is 0 Å². The number of carbonyl (C=O) groups excluding carboxylic acids is 1. The summed E-state index contributed by atoms with van der Waals surface area (Å²) in [5.41, 5.74) is 2.97. The molecule has 0 radical (unpaired) electrons. The van der Waals surface area contributed by atoms with Crippen LogP contribution in [0, 0.1) is 12.8 Å². The molecule has 1 aromatic heterocycles. The molecule has 2 aromatic carbocycles. The van der Waals surface area contributed by atoms with Gasteiger partial charge >= 0.3 is 0 Å². The lowest BCUT2D eigenvalue weighted by molar-refractivity contribution is -0.126. The molecule has 7 heteroatoms. The Morgan fingerprint density at radius 3 is 2.82 bits per heavy atom. The number of para-hydroxylation sites is 1. The van der Waals surface area contributed by atoms with Crippen LogP contribution >= 0.6 is 11.6 Å². The van der Waals surface area contributed by atoms with Crippen molar-refractivity contribution in [1.29, 1.82) is 0 Å². The molecule has 2 heterocycles. The highest BCUT2D eigenvalue weighted by molar-refractivity contribution is 6.30. The number of oxazole rings is 1. The van der Waals surface area contributed by atoms with Crippen LogP contribution in [0.3, 0.4) is 0 Å². The van der Waals surface area contributed by atoms with Gasteiger partial charge in [-0.05, 0) is 63.6 Å². The van der Waals surface area contributed by atoms with Crippen molar-refractivity contribution in [2.45, 2.75) is 33.2 Å². The van der Waals surface area contributed by atoms with E-state index < -0.39 is 0 Å². The molecule has 0 spiro atoms. The van der Waals surface area contributed by atoms with Gasteiger partial charge in [0.2, 0.25) is 11.8 Å². The van der Waals surface area contributed by atoms with Gasteiger partial charge in [0.05, 0.1) is 11.6 Å². The number of likely N-dealkylation sites (tertiary alicyclic amines) is 1. The lowest BCUT2D eigenvalue weighted by Gasteiger charge is -2.31. The molecule has 1 aliphatic rings. The summed E-state index contributed by atoms with van der Waals surface area (Å²) in [5.74, 6) is 1.53. The molecule has 0 aliphatic carbocycles. The molecule has 1 aliphatic heterocycles. The largest absolute Gasteiger partial charge is 0.441 e. The van der Waals surface area contributed by atoms with Gasteiger partial charge in [0.1, 0.15) is 5.76 Å². The van der Waals surface area contributed by atoms with Crippen molar-refractivity contribution in [3.05, 3.63) is 71.1 Å². The summed E-state index contributed by atoms with van der Waals surface area (Å²) < 4.78 is 5.91. The van der Waals surface area contributed by atoms with E-state index >= 15 is 0 Å². The third kappa shape index (κ3) is 6.19. The number of aryl methyl sites for hydroxylation is 1. The fourth-order valence-electron chi connectivity index (χ4n) is 4.51. The average molecular weight is 481 g/mol. The molecule has 6 nitrogen and oxygen atoms in total. The van der Waals surface area contributed by atoms with E-state index in [0.717, 1.165) is 56.0 Å². The molecule has 4 rings (SSSR count). The van der Waals surface area contributed by atoms with Gasteiger partial charge in [-0.25, -0.2) is 4.98 Å². The Hall–Kier alpha value is -2.83. The van der Waals surface area contributed by atoms with Crippen LogP contribution in [-0.2, 0) is 11.3 Å². The number of piperidine rings is 1. The Labute approximate surface area is 206 Å². The molecule has 1 atom stereocenters. The molecule has 34 heavy (non-hydrogen) atoms. The van der Waals surface area contributed by atoms with Gasteiger partial charge in [-0.1, -0.05) is 35.9 Å². The van der Waals surface area contributed by atoms with Crippen molar-refractivity contribution < 1.29 is 9.21 Å². The number of carbonyl (C=O) groups is 1. The number of likely N-dealkylation sites (N-methyl/N-ethyl adjacent to an activating group) is 1. The standard InChI is InChI=1S/C27H33ClN4O2/c1-3-32(24-12-5-4-6-13-24)16-14-29-26(33)22-10-8-15-31(18-22)19-25-20(2)34-27(30-25)21-9-7-11-23(28)17-21/h4-7,9,11-13,17,22H,3,8,10,14-16,18-19H2,1-2H3,(H,29,33). The van der Waals surface area contributed by atoms with E-state index in [1.165, 1.54) is 5.69 Å². The maximum atomic E-state index is 12.9. The van der Waals surface area contributed by atoms with Crippen LogP contribution in [0.25, 0.3) is 11.5 Å². The van der Waals surface area contributed by atoms with Crippen molar-refractivity contribution in [2.24, 2.45) is 5.92 Å². The summed E-state index contributed by atoms with van der Waals surface area (Å²) in [6.07, 6.45) is 1.92. The second-order valence-electron chi connectivity index (χ2n) is 8.81. The maximum Gasteiger partial charge on any atom is 0.226 e. The molecular formula is C27H33ClN4O2. The minimum Gasteiger partial charge on any atom is -0.441 e. The highest BCUT2D eigenvalue weighted by atomic mass is 35.5. The number of nitrogens with one attached hydrogen (secondary N) is 1. The third-order valence-electron chi connectivity index (χ3n) is 6.40. The Kier molecular flexibility index (Phi) is 8.25. The highest BCUT2D eigenvalue weighted by Crippen LogP contribution is 2.26. The van der Waals surface area contributed by atoms with Gasteiger partial charge in [-0.3, -0.25) is 9.69 Å². The first-order chi connectivity index (χ1) is 16.5. The van der Waals surface area contributed by atoms with E-state index in [4.69, 9.17) is 21.0 Å². The van der Waals surface area contributed by atoms with Crippen molar-refractivity contribution in [2.75, 3.05) is 37.6 Å². The molecule has 1 N–H and O–H groups in total. The van der Waals surface area contributed by atoms with Gasteiger partial charge in [0, 0.05) is 49.0 Å². The number of hydrogen-bond acceptors (Lipinski definition) is 5. The SMILES string of the molecule is CCN(CCNC(=O)C1CCCN(Cc2nc(-c3cccc(Cl)c3)oc2C)C1)c1ccccc1. The molecule has 180 valence electrons. The van der Waals surface area contributed by atoms with Crippen LogP contribution in [0.5, 0.6) is 0 Å². The van der Waals surface area contributed by atoms with Crippen molar-refractivity contribution in [3.8, 4) is 11.5 Å². The number of nitrogens with zero attached hydrogens (tertiary/aromatic N) is 3. The molecule has 0 saturated carbocycles. The number of anilines is 1. The summed E-state index contributed by atoms with van der Waals surface area (Å²) >= 11 is 6.12. The molecule has 1 fully saturated rings. The van der Waals surface area contributed by atoms with Gasteiger partial charge in [0.15, 0.2) is 0 Å². The summed E-state index contributed by atoms with van der Waals surface area (Å²) in [7, 11) is 0. The quantitative estimate of drug-likeness (QED) is 0.458. The number of amides is 1. The third-order valence-corrected chi connectivity index (χ3v) is 6.63. The van der Waals surface area contributed by atoms with E-state index in [0.29, 0.717) is 24.0 Å². The molecular weight excluding hydrogens is 448 g/mol.